The van der Waals surface area contributed by atoms with Crippen LogP contribution in [0.5, 0.6) is 5.75 Å². The molecule has 5 nitrogen and oxygen atoms in total. The van der Waals surface area contributed by atoms with E-state index >= 15 is 0 Å². The molecule has 1 rings (SSSR count). The van der Waals surface area contributed by atoms with Gasteiger partial charge in [-0.15, -0.1) is 0 Å². The van der Waals surface area contributed by atoms with Crippen molar-refractivity contribution in [1.29, 1.82) is 0 Å². The molecule has 5 heteroatoms. The lowest BCUT2D eigenvalue weighted by Gasteiger charge is -2.11. The van der Waals surface area contributed by atoms with Gasteiger partial charge in [0.25, 0.3) is 0 Å². The van der Waals surface area contributed by atoms with E-state index in [9.17, 15) is 0 Å². The molecule has 130 valence electrons. The average Bonchev–Trinajstić information content (AvgIpc) is 2.54. The summed E-state index contributed by atoms with van der Waals surface area (Å²) in [5.41, 5.74) is 8.11. The van der Waals surface area contributed by atoms with E-state index in [1.165, 1.54) is 19.3 Å². The average molecular weight is 321 g/mol. The Morgan fingerprint density at radius 3 is 2.78 bits per heavy atom. The zero-order valence-electron chi connectivity index (χ0n) is 14.7. The number of ether oxygens (including phenoxy) is 2. The first-order chi connectivity index (χ1) is 11.2. The fourth-order valence-electron chi connectivity index (χ4n) is 2.16. The SMILES string of the molecule is CCCCCCNC(N)=NCc1ccc(C)cc1OCCOC. The van der Waals surface area contributed by atoms with E-state index in [1.807, 2.05) is 19.1 Å². The molecule has 23 heavy (non-hydrogen) atoms. The molecule has 0 aliphatic heterocycles. The third-order valence-electron chi connectivity index (χ3n) is 3.52. The number of rotatable bonds is 11. The lowest BCUT2D eigenvalue weighted by atomic mass is 10.1. The summed E-state index contributed by atoms with van der Waals surface area (Å²) < 4.78 is 10.8. The first-order valence-corrected chi connectivity index (χ1v) is 8.42. The molecule has 0 aromatic heterocycles. The van der Waals surface area contributed by atoms with Gasteiger partial charge in [0.1, 0.15) is 12.4 Å². The molecule has 0 spiro atoms. The topological polar surface area (TPSA) is 68.9 Å². The van der Waals surface area contributed by atoms with Gasteiger partial charge in [0.15, 0.2) is 5.96 Å². The van der Waals surface area contributed by atoms with Gasteiger partial charge in [-0.1, -0.05) is 38.3 Å². The van der Waals surface area contributed by atoms with Crippen LogP contribution in [0, 0.1) is 6.92 Å². The first kappa shape index (κ1) is 19.3. The molecule has 0 atom stereocenters. The Hall–Kier alpha value is -1.75. The third-order valence-corrected chi connectivity index (χ3v) is 3.52. The minimum absolute atomic E-state index is 0.491. The van der Waals surface area contributed by atoms with Crippen molar-refractivity contribution in [1.82, 2.24) is 5.32 Å². The Labute approximate surface area is 140 Å². The van der Waals surface area contributed by atoms with E-state index in [1.54, 1.807) is 7.11 Å². The summed E-state index contributed by atoms with van der Waals surface area (Å²) in [4.78, 5) is 4.40. The van der Waals surface area contributed by atoms with Crippen molar-refractivity contribution in [3.8, 4) is 5.75 Å². The molecular weight excluding hydrogens is 290 g/mol. The van der Waals surface area contributed by atoms with Crippen molar-refractivity contribution in [3.05, 3.63) is 29.3 Å². The van der Waals surface area contributed by atoms with Crippen molar-refractivity contribution in [2.75, 3.05) is 26.9 Å². The quantitative estimate of drug-likeness (QED) is 0.373. The molecule has 0 saturated heterocycles. The van der Waals surface area contributed by atoms with Crippen molar-refractivity contribution in [3.63, 3.8) is 0 Å². The van der Waals surface area contributed by atoms with Crippen LogP contribution in [0.1, 0.15) is 43.7 Å². The first-order valence-electron chi connectivity index (χ1n) is 8.42. The Morgan fingerprint density at radius 1 is 1.22 bits per heavy atom. The summed E-state index contributed by atoms with van der Waals surface area (Å²) in [6.07, 6.45) is 4.86. The van der Waals surface area contributed by atoms with E-state index < -0.39 is 0 Å². The van der Waals surface area contributed by atoms with Gasteiger partial charge in [0.05, 0.1) is 13.2 Å². The number of hydrogen-bond acceptors (Lipinski definition) is 3. The summed E-state index contributed by atoms with van der Waals surface area (Å²) in [6.45, 7) is 6.73. The summed E-state index contributed by atoms with van der Waals surface area (Å²) >= 11 is 0. The largest absolute Gasteiger partial charge is 0.491 e. The molecule has 1 aromatic rings. The summed E-state index contributed by atoms with van der Waals surface area (Å²) in [5, 5.41) is 3.16. The molecule has 0 heterocycles. The molecular formula is C18H31N3O2. The van der Waals surface area contributed by atoms with Crippen molar-refractivity contribution >= 4 is 5.96 Å². The number of guanidine groups is 1. The second-order valence-corrected chi connectivity index (χ2v) is 5.64. The second kappa shape index (κ2) is 11.8. The Kier molecular flexibility index (Phi) is 9.87. The number of benzene rings is 1. The van der Waals surface area contributed by atoms with Gasteiger partial charge in [-0.2, -0.15) is 0 Å². The predicted octanol–water partition coefficient (Wildman–Crippen LogP) is 3.00. The Morgan fingerprint density at radius 2 is 2.04 bits per heavy atom. The number of nitrogens with two attached hydrogens (primary N) is 1. The molecule has 0 bridgehead atoms. The van der Waals surface area contributed by atoms with Gasteiger partial charge in [-0.3, -0.25) is 0 Å². The zero-order chi connectivity index (χ0) is 16.9. The number of aliphatic imine (C=N–C) groups is 1. The van der Waals surface area contributed by atoms with E-state index in [0.717, 1.165) is 29.8 Å². The minimum Gasteiger partial charge on any atom is -0.491 e. The standard InChI is InChI=1S/C18H31N3O2/c1-4-5-6-7-10-20-18(19)21-14-16-9-8-15(2)13-17(16)23-12-11-22-3/h8-9,13H,4-7,10-12,14H2,1-3H3,(H3,19,20,21). The highest BCUT2D eigenvalue weighted by Crippen LogP contribution is 2.21. The predicted molar refractivity (Wildman–Crippen MR) is 96.0 cm³/mol. The van der Waals surface area contributed by atoms with Crippen LogP contribution < -0.4 is 15.8 Å². The summed E-state index contributed by atoms with van der Waals surface area (Å²) in [6, 6.07) is 6.12. The number of aryl methyl sites for hydroxylation is 1. The molecule has 0 unspecified atom stereocenters. The monoisotopic (exact) mass is 321 g/mol. The molecule has 0 radical (unpaired) electrons. The van der Waals surface area contributed by atoms with Crippen LogP contribution in [0.4, 0.5) is 0 Å². The number of unbranched alkanes of at least 4 members (excludes halogenated alkanes) is 3. The lowest BCUT2D eigenvalue weighted by molar-refractivity contribution is 0.146. The molecule has 3 N–H and O–H groups in total. The van der Waals surface area contributed by atoms with Crippen LogP contribution in [0.15, 0.2) is 23.2 Å². The Bertz CT molecular complexity index is 475. The number of nitrogens with one attached hydrogen (secondary N) is 1. The second-order valence-electron chi connectivity index (χ2n) is 5.64. The smallest absolute Gasteiger partial charge is 0.188 e. The van der Waals surface area contributed by atoms with E-state index in [0.29, 0.717) is 25.7 Å². The molecule has 0 fully saturated rings. The van der Waals surface area contributed by atoms with Crippen LogP contribution >= 0.6 is 0 Å². The molecule has 0 amide bonds. The highest BCUT2D eigenvalue weighted by Gasteiger charge is 2.04. The molecule has 0 aliphatic carbocycles. The minimum atomic E-state index is 0.491. The number of hydrogen-bond donors (Lipinski definition) is 2. The molecule has 0 saturated carbocycles. The van der Waals surface area contributed by atoms with E-state index in [2.05, 4.69) is 23.3 Å². The maximum Gasteiger partial charge on any atom is 0.188 e. The molecule has 1 aromatic carbocycles. The van der Waals surface area contributed by atoms with Crippen molar-refractivity contribution in [2.45, 2.75) is 46.1 Å². The van der Waals surface area contributed by atoms with Gasteiger partial charge >= 0.3 is 0 Å². The number of nitrogens with zero attached hydrogens (tertiary/aromatic N) is 1. The Balaban J connectivity index is 2.49. The maximum absolute atomic E-state index is 5.92. The van der Waals surface area contributed by atoms with Crippen LogP contribution in [-0.2, 0) is 11.3 Å². The lowest BCUT2D eigenvalue weighted by Crippen LogP contribution is -2.32. The highest BCUT2D eigenvalue weighted by atomic mass is 16.5. The van der Waals surface area contributed by atoms with Crippen molar-refractivity contribution < 1.29 is 9.47 Å². The summed E-state index contributed by atoms with van der Waals surface area (Å²) in [7, 11) is 1.66. The van der Waals surface area contributed by atoms with Crippen molar-refractivity contribution in [2.24, 2.45) is 10.7 Å². The normalized spacial score (nSPS) is 11.5. The van der Waals surface area contributed by atoms with Gasteiger partial charge in [-0.05, 0) is 25.0 Å². The van der Waals surface area contributed by atoms with Gasteiger partial charge in [0, 0.05) is 19.2 Å². The fourth-order valence-corrected chi connectivity index (χ4v) is 2.16. The highest BCUT2D eigenvalue weighted by molar-refractivity contribution is 5.77. The van der Waals surface area contributed by atoms with Crippen LogP contribution in [0.3, 0.4) is 0 Å². The van der Waals surface area contributed by atoms with Crippen LogP contribution in [0.2, 0.25) is 0 Å². The van der Waals surface area contributed by atoms with Gasteiger partial charge in [-0.25, -0.2) is 4.99 Å². The van der Waals surface area contributed by atoms with Gasteiger partial charge < -0.3 is 20.5 Å². The maximum atomic E-state index is 5.92. The summed E-state index contributed by atoms with van der Waals surface area (Å²) in [5.74, 6) is 1.34. The van der Waals surface area contributed by atoms with E-state index in [4.69, 9.17) is 15.2 Å². The van der Waals surface area contributed by atoms with Gasteiger partial charge in [0.2, 0.25) is 0 Å². The third kappa shape index (κ3) is 8.45. The van der Waals surface area contributed by atoms with Crippen LogP contribution in [-0.4, -0.2) is 32.8 Å². The number of methoxy groups -OCH3 is 1. The van der Waals surface area contributed by atoms with Crippen LogP contribution in [0.25, 0.3) is 0 Å². The van der Waals surface area contributed by atoms with E-state index in [-0.39, 0.29) is 0 Å². The molecule has 0 aliphatic rings. The zero-order valence-corrected chi connectivity index (χ0v) is 14.7. The fraction of sp³-hybridized carbons (Fsp3) is 0.611.